The summed E-state index contributed by atoms with van der Waals surface area (Å²) >= 11 is 6.68. The van der Waals surface area contributed by atoms with Crippen LogP contribution >= 0.6 is 31.9 Å². The number of fused-ring (bicyclic) bond motifs is 1. The van der Waals surface area contributed by atoms with Crippen LogP contribution in [0.25, 0.3) is 11.0 Å². The third kappa shape index (κ3) is 1.85. The maximum absolute atomic E-state index is 10.9. The monoisotopic (exact) mass is 361 g/mol. The van der Waals surface area contributed by atoms with E-state index in [2.05, 4.69) is 31.9 Å². The Bertz CT molecular complexity index is 616. The predicted molar refractivity (Wildman–Crippen MR) is 67.2 cm³/mol. The number of benzene rings is 1. The van der Waals surface area contributed by atoms with E-state index in [4.69, 9.17) is 9.15 Å². The minimum absolute atomic E-state index is 0.166. The van der Waals surface area contributed by atoms with Gasteiger partial charge in [-0.3, -0.25) is 0 Å². The number of rotatable bonds is 2. The number of furan rings is 1. The van der Waals surface area contributed by atoms with Crippen LogP contribution in [0, 0.1) is 6.92 Å². The molecule has 0 amide bonds. The molecule has 0 spiro atoms. The van der Waals surface area contributed by atoms with Gasteiger partial charge in [0.05, 0.1) is 11.6 Å². The Morgan fingerprint density at radius 1 is 1.47 bits per heavy atom. The fourth-order valence-electron chi connectivity index (χ4n) is 1.65. The minimum Gasteiger partial charge on any atom is -0.542 e. The van der Waals surface area contributed by atoms with Crippen LogP contribution < -0.4 is 9.84 Å². The van der Waals surface area contributed by atoms with Crippen molar-refractivity contribution in [1.29, 1.82) is 0 Å². The summed E-state index contributed by atoms with van der Waals surface area (Å²) in [5.41, 5.74) is 0.964. The number of aromatic carboxylic acids is 1. The summed E-state index contributed by atoms with van der Waals surface area (Å²) in [6.45, 7) is 1.67. The van der Waals surface area contributed by atoms with Gasteiger partial charge in [0.2, 0.25) is 0 Å². The van der Waals surface area contributed by atoms with Gasteiger partial charge in [-0.15, -0.1) is 0 Å². The lowest BCUT2D eigenvalue weighted by Gasteiger charge is -2.05. The Morgan fingerprint density at radius 2 is 2.12 bits per heavy atom. The van der Waals surface area contributed by atoms with Crippen molar-refractivity contribution < 1.29 is 19.1 Å². The van der Waals surface area contributed by atoms with E-state index in [9.17, 15) is 9.90 Å². The number of carbonyl (C=O) groups is 1. The highest BCUT2D eigenvalue weighted by Gasteiger charge is 2.18. The first-order chi connectivity index (χ1) is 7.97. The third-order valence-electron chi connectivity index (χ3n) is 2.47. The Balaban J connectivity index is 2.88. The maximum Gasteiger partial charge on any atom is 0.153 e. The van der Waals surface area contributed by atoms with E-state index in [1.54, 1.807) is 13.0 Å². The van der Waals surface area contributed by atoms with E-state index in [0.717, 1.165) is 0 Å². The van der Waals surface area contributed by atoms with Crippen molar-refractivity contribution >= 4 is 48.8 Å². The summed E-state index contributed by atoms with van der Waals surface area (Å²) in [5.74, 6) is -0.947. The topological polar surface area (TPSA) is 62.5 Å². The van der Waals surface area contributed by atoms with Crippen molar-refractivity contribution in [3.05, 3.63) is 26.3 Å². The van der Waals surface area contributed by atoms with Crippen molar-refractivity contribution in [3.8, 4) is 5.75 Å². The van der Waals surface area contributed by atoms with Crippen molar-refractivity contribution in [2.24, 2.45) is 0 Å². The highest BCUT2D eigenvalue weighted by atomic mass is 79.9. The molecule has 17 heavy (non-hydrogen) atoms. The average molecular weight is 363 g/mol. The minimum atomic E-state index is -1.33. The van der Waals surface area contributed by atoms with Gasteiger partial charge in [-0.1, -0.05) is 0 Å². The van der Waals surface area contributed by atoms with Crippen molar-refractivity contribution in [3.63, 3.8) is 0 Å². The van der Waals surface area contributed by atoms with Crippen LogP contribution in [0.4, 0.5) is 0 Å². The Labute approximate surface area is 114 Å². The summed E-state index contributed by atoms with van der Waals surface area (Å²) in [6.07, 6.45) is 0. The smallest absolute Gasteiger partial charge is 0.153 e. The molecule has 0 bridgehead atoms. The zero-order valence-corrected chi connectivity index (χ0v) is 12.1. The molecule has 1 heterocycles. The van der Waals surface area contributed by atoms with Gasteiger partial charge in [-0.25, -0.2) is 0 Å². The molecule has 0 N–H and O–H groups in total. The Hall–Kier alpha value is -1.01. The molecule has 1 aromatic carbocycles. The SMILES string of the molecule is COc1c(Br)cc2c(C)c(C(=O)[O-])oc2c1Br. The molecule has 0 aliphatic rings. The van der Waals surface area contributed by atoms with E-state index < -0.39 is 5.97 Å². The molecule has 6 heteroatoms. The van der Waals surface area contributed by atoms with Crippen LogP contribution in [0.2, 0.25) is 0 Å². The standard InChI is InChI=1S/C11H8Br2O4/c1-4-5-3-6(12)10(16-2)7(13)9(5)17-8(4)11(14)15/h3H,1-2H3,(H,14,15)/p-1. The summed E-state index contributed by atoms with van der Waals surface area (Å²) < 4.78 is 11.7. The second kappa shape index (κ2) is 4.34. The molecule has 0 aliphatic heterocycles. The molecule has 4 nitrogen and oxygen atoms in total. The largest absolute Gasteiger partial charge is 0.542 e. The van der Waals surface area contributed by atoms with Gasteiger partial charge in [-0.2, -0.15) is 0 Å². The van der Waals surface area contributed by atoms with E-state index in [-0.39, 0.29) is 5.76 Å². The van der Waals surface area contributed by atoms with Crippen LogP contribution in [0.3, 0.4) is 0 Å². The summed E-state index contributed by atoms with van der Waals surface area (Å²) in [4.78, 5) is 10.9. The summed E-state index contributed by atoms with van der Waals surface area (Å²) in [5, 5.41) is 11.6. The fraction of sp³-hybridized carbons (Fsp3) is 0.182. The highest BCUT2D eigenvalue weighted by Crippen LogP contribution is 2.42. The molecule has 0 fully saturated rings. The number of carbonyl (C=O) groups excluding carboxylic acids is 1. The molecule has 0 atom stereocenters. The fourth-order valence-corrected chi connectivity index (χ4v) is 3.17. The van der Waals surface area contributed by atoms with Crippen LogP contribution in [0.5, 0.6) is 5.75 Å². The quantitative estimate of drug-likeness (QED) is 0.823. The number of aryl methyl sites for hydroxylation is 1. The lowest BCUT2D eigenvalue weighted by atomic mass is 10.1. The van der Waals surface area contributed by atoms with E-state index >= 15 is 0 Å². The van der Waals surface area contributed by atoms with E-state index in [1.807, 2.05) is 0 Å². The Morgan fingerprint density at radius 3 is 2.65 bits per heavy atom. The lowest BCUT2D eigenvalue weighted by molar-refractivity contribution is -0.257. The molecule has 0 aliphatic carbocycles. The van der Waals surface area contributed by atoms with Gasteiger partial charge >= 0.3 is 0 Å². The predicted octanol–water partition coefficient (Wildman–Crippen LogP) is 2.64. The number of carboxylic acid groups (broad SMARTS) is 1. The number of hydrogen-bond donors (Lipinski definition) is 0. The molecule has 0 radical (unpaired) electrons. The number of ether oxygens (including phenoxy) is 1. The van der Waals surface area contributed by atoms with Gasteiger partial charge < -0.3 is 19.1 Å². The zero-order valence-electron chi connectivity index (χ0n) is 8.97. The van der Waals surface area contributed by atoms with Gasteiger partial charge in [0.15, 0.2) is 17.1 Å². The molecular weight excluding hydrogens is 356 g/mol. The second-order valence-electron chi connectivity index (χ2n) is 3.43. The van der Waals surface area contributed by atoms with Crippen LogP contribution in [-0.2, 0) is 0 Å². The number of hydrogen-bond acceptors (Lipinski definition) is 4. The first kappa shape index (κ1) is 12.4. The van der Waals surface area contributed by atoms with E-state index in [1.165, 1.54) is 7.11 Å². The molecule has 0 saturated heterocycles. The molecule has 2 aromatic rings. The van der Waals surface area contributed by atoms with Gasteiger partial charge in [0.25, 0.3) is 0 Å². The van der Waals surface area contributed by atoms with Crippen LogP contribution in [0.15, 0.2) is 19.4 Å². The average Bonchev–Trinajstić information content (AvgIpc) is 2.58. The van der Waals surface area contributed by atoms with Gasteiger partial charge in [0, 0.05) is 10.9 Å². The number of methoxy groups -OCH3 is 1. The number of halogens is 2. The second-order valence-corrected chi connectivity index (χ2v) is 5.07. The van der Waals surface area contributed by atoms with Crippen molar-refractivity contribution in [2.75, 3.05) is 7.11 Å². The normalized spacial score (nSPS) is 10.8. The Kier molecular flexibility index (Phi) is 3.18. The van der Waals surface area contributed by atoms with E-state index in [0.29, 0.717) is 31.2 Å². The summed E-state index contributed by atoms with van der Waals surface area (Å²) in [6, 6.07) is 1.75. The molecule has 2 rings (SSSR count). The van der Waals surface area contributed by atoms with Crippen molar-refractivity contribution in [1.82, 2.24) is 0 Å². The zero-order chi connectivity index (χ0) is 12.7. The lowest BCUT2D eigenvalue weighted by Crippen LogP contribution is -2.22. The first-order valence-corrected chi connectivity index (χ1v) is 6.22. The number of carboxylic acids is 1. The highest BCUT2D eigenvalue weighted by molar-refractivity contribution is 9.11. The third-order valence-corrected chi connectivity index (χ3v) is 3.78. The van der Waals surface area contributed by atoms with Crippen LogP contribution in [0.1, 0.15) is 16.1 Å². The van der Waals surface area contributed by atoms with Gasteiger partial charge in [0.1, 0.15) is 10.4 Å². The van der Waals surface area contributed by atoms with Gasteiger partial charge in [-0.05, 0) is 44.8 Å². The molecular formula is C11H7Br2O4-. The molecule has 90 valence electrons. The summed E-state index contributed by atoms with van der Waals surface area (Å²) in [7, 11) is 1.52. The maximum atomic E-state index is 10.9. The van der Waals surface area contributed by atoms with Crippen molar-refractivity contribution in [2.45, 2.75) is 6.92 Å². The first-order valence-electron chi connectivity index (χ1n) is 4.63. The molecule has 0 saturated carbocycles. The molecule has 1 aromatic heterocycles. The van der Waals surface area contributed by atoms with Crippen LogP contribution in [-0.4, -0.2) is 13.1 Å². The molecule has 0 unspecified atom stereocenters.